The van der Waals surface area contributed by atoms with Crippen molar-refractivity contribution in [3.05, 3.63) is 86.7 Å². The van der Waals surface area contributed by atoms with Gasteiger partial charge in [0.1, 0.15) is 18.9 Å². The zero-order valence-electron chi connectivity index (χ0n) is 24.1. The number of carbonyl (C=O) groups excluding carboxylic acids is 2. The van der Waals surface area contributed by atoms with Crippen molar-refractivity contribution in [1.29, 1.82) is 0 Å². The lowest BCUT2D eigenvalue weighted by Gasteiger charge is -2.48. The summed E-state index contributed by atoms with van der Waals surface area (Å²) >= 11 is 6.70. The number of ketones is 2. The zero-order valence-corrected chi connectivity index (χ0v) is 24.9. The predicted octanol–water partition coefficient (Wildman–Crippen LogP) is 6.39. The number of aromatic carboxylic acids is 1. The van der Waals surface area contributed by atoms with Gasteiger partial charge in [0.15, 0.2) is 11.6 Å². The molecule has 2 aromatic carbocycles. The average Bonchev–Trinajstić information content (AvgIpc) is 2.87. The van der Waals surface area contributed by atoms with Gasteiger partial charge in [-0.25, -0.2) is 4.79 Å². The Kier molecular flexibility index (Phi) is 7.56. The third-order valence-corrected chi connectivity index (χ3v) is 8.50. The summed E-state index contributed by atoms with van der Waals surface area (Å²) < 4.78 is 5.93. The number of ether oxygens (including phenoxy) is 1. The highest BCUT2D eigenvalue weighted by atomic mass is 35.5. The van der Waals surface area contributed by atoms with E-state index in [2.05, 4.69) is 0 Å². The van der Waals surface area contributed by atoms with E-state index in [9.17, 15) is 24.3 Å². The van der Waals surface area contributed by atoms with E-state index in [-0.39, 0.29) is 41.1 Å². The second kappa shape index (κ2) is 10.7. The second-order valence-corrected chi connectivity index (χ2v) is 13.4. The normalized spacial score (nSPS) is 19.9. The van der Waals surface area contributed by atoms with Crippen LogP contribution in [0, 0.1) is 10.8 Å². The van der Waals surface area contributed by atoms with E-state index in [1.807, 2.05) is 33.8 Å². The highest BCUT2D eigenvalue weighted by Gasteiger charge is 2.49. The standard InChI is InChI=1S/C33H34ClNO7/c1-32(2)12-22-29(24(36)14-32)28(30-23(35(22)16-27(38)39)13-33(3,4)15-25(30)37)20-9-10-26(21(34)11-20)42-17-18-5-7-19(8-6-18)31(40)41/h5-11,28H,12-17H2,1-4H3,(H,38,39)(H,40,41). The van der Waals surface area contributed by atoms with Gasteiger partial charge in [0.25, 0.3) is 0 Å². The first-order valence-electron chi connectivity index (χ1n) is 13.9. The number of carboxylic acid groups (broad SMARTS) is 2. The van der Waals surface area contributed by atoms with Gasteiger partial charge in [-0.15, -0.1) is 0 Å². The third kappa shape index (κ3) is 5.73. The molecule has 1 aliphatic heterocycles. The maximum Gasteiger partial charge on any atom is 0.335 e. The number of allylic oxidation sites excluding steroid dienone is 4. The highest BCUT2D eigenvalue weighted by molar-refractivity contribution is 6.32. The molecule has 5 rings (SSSR count). The Labute approximate surface area is 249 Å². The van der Waals surface area contributed by atoms with Crippen LogP contribution in [0.4, 0.5) is 0 Å². The summed E-state index contributed by atoms with van der Waals surface area (Å²) in [7, 11) is 0. The fourth-order valence-electron chi connectivity index (χ4n) is 6.43. The number of rotatable bonds is 7. The molecule has 0 saturated carbocycles. The van der Waals surface area contributed by atoms with Gasteiger partial charge < -0.3 is 19.8 Å². The molecule has 0 atom stereocenters. The number of aliphatic carboxylic acids is 1. The predicted molar refractivity (Wildman–Crippen MR) is 156 cm³/mol. The number of hydrogen-bond donors (Lipinski definition) is 2. The van der Waals surface area contributed by atoms with Crippen LogP contribution in [0.15, 0.2) is 65.0 Å². The van der Waals surface area contributed by atoms with Crippen LogP contribution in [0.2, 0.25) is 5.02 Å². The van der Waals surface area contributed by atoms with Crippen LogP contribution in [0.25, 0.3) is 0 Å². The van der Waals surface area contributed by atoms with Crippen molar-refractivity contribution in [2.24, 2.45) is 10.8 Å². The number of carboxylic acids is 2. The van der Waals surface area contributed by atoms with E-state index in [4.69, 9.17) is 21.4 Å². The number of halogens is 1. The van der Waals surface area contributed by atoms with Gasteiger partial charge in [0.2, 0.25) is 0 Å². The first-order valence-corrected chi connectivity index (χ1v) is 14.3. The van der Waals surface area contributed by atoms with E-state index in [1.54, 1.807) is 29.2 Å². The van der Waals surface area contributed by atoms with E-state index in [0.717, 1.165) is 5.56 Å². The van der Waals surface area contributed by atoms with Crippen LogP contribution in [0.1, 0.15) is 80.8 Å². The Morgan fingerprint density at radius 3 is 1.90 bits per heavy atom. The summed E-state index contributed by atoms with van der Waals surface area (Å²) in [5, 5.41) is 19.3. The first-order chi connectivity index (χ1) is 19.7. The molecule has 42 heavy (non-hydrogen) atoms. The number of Topliss-reactive ketones (excluding diaryl/α,β-unsaturated/α-hetero) is 2. The molecule has 0 saturated heterocycles. The summed E-state index contributed by atoms with van der Waals surface area (Å²) in [4.78, 5) is 52.4. The van der Waals surface area contributed by atoms with Gasteiger partial charge in [-0.2, -0.15) is 0 Å². The third-order valence-electron chi connectivity index (χ3n) is 8.20. The van der Waals surface area contributed by atoms with Crippen molar-refractivity contribution in [2.75, 3.05) is 6.54 Å². The lowest BCUT2D eigenvalue weighted by Crippen LogP contribution is -2.45. The monoisotopic (exact) mass is 591 g/mol. The fourth-order valence-corrected chi connectivity index (χ4v) is 6.67. The molecule has 0 amide bonds. The second-order valence-electron chi connectivity index (χ2n) is 13.0. The SMILES string of the molecule is CC1(C)CC(=O)C2=C(C1)N(CC(=O)O)C1=C(C(=O)CC(C)(C)C1)C2c1ccc(OCc2ccc(C(=O)O)cc2)c(Cl)c1. The molecule has 2 aromatic rings. The van der Waals surface area contributed by atoms with E-state index >= 15 is 0 Å². The molecule has 1 heterocycles. The van der Waals surface area contributed by atoms with Gasteiger partial charge in [-0.05, 0) is 59.1 Å². The molecule has 0 unspecified atom stereocenters. The van der Waals surface area contributed by atoms with Crippen LogP contribution >= 0.6 is 11.6 Å². The molecular formula is C33H34ClNO7. The molecule has 9 heteroatoms. The Bertz CT molecular complexity index is 1510. The maximum absolute atomic E-state index is 13.8. The minimum atomic E-state index is -1.03. The number of hydrogen-bond acceptors (Lipinski definition) is 6. The van der Waals surface area contributed by atoms with Crippen LogP contribution in [0.5, 0.6) is 5.75 Å². The molecular weight excluding hydrogens is 558 g/mol. The van der Waals surface area contributed by atoms with Gasteiger partial charge >= 0.3 is 11.9 Å². The molecule has 0 spiro atoms. The lowest BCUT2D eigenvalue weighted by atomic mass is 9.63. The summed E-state index contributed by atoms with van der Waals surface area (Å²) in [5.41, 5.74) is 3.21. The Hall–Kier alpha value is -3.91. The van der Waals surface area contributed by atoms with E-state index < -0.39 is 17.9 Å². The van der Waals surface area contributed by atoms with Gasteiger partial charge in [-0.3, -0.25) is 14.4 Å². The first kappa shape index (κ1) is 29.6. The maximum atomic E-state index is 13.8. The molecule has 0 aromatic heterocycles. The molecule has 220 valence electrons. The minimum Gasteiger partial charge on any atom is -0.487 e. The Morgan fingerprint density at radius 2 is 1.43 bits per heavy atom. The molecule has 2 aliphatic carbocycles. The molecule has 0 fully saturated rings. The summed E-state index contributed by atoms with van der Waals surface area (Å²) in [6.45, 7) is 7.85. The Balaban J connectivity index is 1.56. The Morgan fingerprint density at radius 1 is 0.881 bits per heavy atom. The fraction of sp³-hybridized carbons (Fsp3) is 0.394. The highest BCUT2D eigenvalue weighted by Crippen LogP contribution is 2.54. The molecule has 3 aliphatic rings. The van der Waals surface area contributed by atoms with Crippen LogP contribution in [-0.4, -0.2) is 45.2 Å². The van der Waals surface area contributed by atoms with Crippen LogP contribution < -0.4 is 4.74 Å². The van der Waals surface area contributed by atoms with E-state index in [0.29, 0.717) is 64.6 Å². The van der Waals surface area contributed by atoms with Crippen molar-refractivity contribution < 1.29 is 34.1 Å². The van der Waals surface area contributed by atoms with Crippen molar-refractivity contribution in [3.63, 3.8) is 0 Å². The lowest BCUT2D eigenvalue weighted by molar-refractivity contribution is -0.138. The van der Waals surface area contributed by atoms with Crippen molar-refractivity contribution >= 4 is 35.1 Å². The van der Waals surface area contributed by atoms with Crippen molar-refractivity contribution in [2.45, 2.75) is 65.9 Å². The van der Waals surface area contributed by atoms with Crippen LogP contribution in [-0.2, 0) is 21.0 Å². The quantitative estimate of drug-likeness (QED) is 0.380. The zero-order chi connectivity index (χ0) is 30.6. The molecule has 2 N–H and O–H groups in total. The summed E-state index contributed by atoms with van der Waals surface area (Å²) in [5.74, 6) is -2.46. The van der Waals surface area contributed by atoms with Crippen LogP contribution in [0.3, 0.4) is 0 Å². The minimum absolute atomic E-state index is 0.0907. The van der Waals surface area contributed by atoms with E-state index in [1.165, 1.54) is 12.1 Å². The summed E-state index contributed by atoms with van der Waals surface area (Å²) in [6.07, 6.45) is 1.61. The van der Waals surface area contributed by atoms with Crippen molar-refractivity contribution in [3.8, 4) is 5.75 Å². The molecule has 0 bridgehead atoms. The van der Waals surface area contributed by atoms with Gasteiger partial charge in [-0.1, -0.05) is 57.5 Å². The van der Waals surface area contributed by atoms with Gasteiger partial charge in [0.05, 0.1) is 10.6 Å². The topological polar surface area (TPSA) is 121 Å². The number of benzene rings is 2. The molecule has 0 radical (unpaired) electrons. The smallest absolute Gasteiger partial charge is 0.335 e. The van der Waals surface area contributed by atoms with Crippen molar-refractivity contribution in [1.82, 2.24) is 4.90 Å². The van der Waals surface area contributed by atoms with Gasteiger partial charge in [0, 0.05) is 41.3 Å². The number of carbonyl (C=O) groups is 4. The summed E-state index contributed by atoms with van der Waals surface area (Å²) in [6, 6.07) is 11.6. The average molecular weight is 592 g/mol. The largest absolute Gasteiger partial charge is 0.487 e. The number of nitrogens with zero attached hydrogens (tertiary/aromatic N) is 1. The molecule has 8 nitrogen and oxygen atoms in total.